The molecule has 0 aliphatic carbocycles. The maximum Gasteiger partial charge on any atom is 0.240 e. The number of hydrazone groups is 1. The summed E-state index contributed by atoms with van der Waals surface area (Å²) in [6, 6.07) is 14.9. The Balaban J connectivity index is 1.67. The minimum Gasteiger partial charge on any atom is -0.326 e. The van der Waals surface area contributed by atoms with Crippen LogP contribution in [0.2, 0.25) is 0 Å². The van der Waals surface area contributed by atoms with E-state index < -0.39 is 0 Å². The Morgan fingerprint density at radius 2 is 1.64 bits per heavy atom. The van der Waals surface area contributed by atoms with Crippen LogP contribution in [0.25, 0.3) is 0 Å². The lowest BCUT2D eigenvalue weighted by Gasteiger charge is -2.05. The minimum atomic E-state index is -0.221. The van der Waals surface area contributed by atoms with Crippen LogP contribution in [-0.4, -0.2) is 18.0 Å². The second-order valence-corrected chi connectivity index (χ2v) is 7.09. The molecule has 2 N–H and O–H groups in total. The number of benzene rings is 2. The lowest BCUT2D eigenvalue weighted by atomic mass is 10.2. The summed E-state index contributed by atoms with van der Waals surface area (Å²) >= 11 is 6.72. The lowest BCUT2D eigenvalue weighted by molar-refractivity contribution is -0.121. The molecule has 0 bridgehead atoms. The summed E-state index contributed by atoms with van der Waals surface area (Å²) in [6.45, 7) is 0. The molecule has 0 aliphatic rings. The van der Waals surface area contributed by atoms with Gasteiger partial charge < -0.3 is 5.32 Å². The third-order valence-electron chi connectivity index (χ3n) is 3.17. The Morgan fingerprint density at radius 3 is 2.36 bits per heavy atom. The maximum atomic E-state index is 11.8. The number of carbonyl (C=O) groups excluding carboxylic acids is 2. The lowest BCUT2D eigenvalue weighted by Crippen LogP contribution is -2.18. The first kappa shape index (κ1) is 19.3. The Labute approximate surface area is 163 Å². The quantitative estimate of drug-likeness (QED) is 0.466. The van der Waals surface area contributed by atoms with E-state index in [1.54, 1.807) is 6.21 Å². The third kappa shape index (κ3) is 7.62. The molecule has 0 aliphatic heterocycles. The smallest absolute Gasteiger partial charge is 0.240 e. The molecule has 2 rings (SSSR count). The molecule has 130 valence electrons. The fourth-order valence-corrected chi connectivity index (χ4v) is 2.84. The first-order chi connectivity index (χ1) is 12.0. The van der Waals surface area contributed by atoms with Gasteiger partial charge in [-0.2, -0.15) is 5.10 Å². The van der Waals surface area contributed by atoms with Gasteiger partial charge in [-0.15, -0.1) is 0 Å². The van der Waals surface area contributed by atoms with E-state index in [0.29, 0.717) is 6.42 Å². The minimum absolute atomic E-state index is 0.122. The number of carbonyl (C=O) groups is 2. The van der Waals surface area contributed by atoms with Crippen molar-refractivity contribution in [2.24, 2.45) is 5.10 Å². The molecule has 25 heavy (non-hydrogen) atoms. The van der Waals surface area contributed by atoms with Gasteiger partial charge in [0.25, 0.3) is 0 Å². The van der Waals surface area contributed by atoms with E-state index in [2.05, 4.69) is 47.7 Å². The SMILES string of the molecule is O=C(CCCC(=O)Nc1cccc(Br)c1)N/N=C/c1cccc(Br)c1. The second-order valence-electron chi connectivity index (χ2n) is 5.26. The predicted octanol–water partition coefficient (Wildman–Crippen LogP) is 4.47. The number of rotatable bonds is 7. The van der Waals surface area contributed by atoms with E-state index in [4.69, 9.17) is 0 Å². The fraction of sp³-hybridized carbons (Fsp3) is 0.167. The van der Waals surface area contributed by atoms with Crippen molar-refractivity contribution in [2.45, 2.75) is 19.3 Å². The normalized spacial score (nSPS) is 10.6. The van der Waals surface area contributed by atoms with Crippen molar-refractivity contribution in [1.82, 2.24) is 5.43 Å². The van der Waals surface area contributed by atoms with Crippen LogP contribution in [0.3, 0.4) is 0 Å². The molecule has 0 radical (unpaired) electrons. The molecule has 0 heterocycles. The molecule has 2 aromatic carbocycles. The highest BCUT2D eigenvalue weighted by Crippen LogP contribution is 2.16. The van der Waals surface area contributed by atoms with Gasteiger partial charge in [-0.3, -0.25) is 9.59 Å². The highest BCUT2D eigenvalue weighted by molar-refractivity contribution is 9.10. The molecular weight excluding hydrogens is 450 g/mol. The van der Waals surface area contributed by atoms with Crippen LogP contribution >= 0.6 is 31.9 Å². The van der Waals surface area contributed by atoms with E-state index in [-0.39, 0.29) is 24.7 Å². The van der Waals surface area contributed by atoms with Crippen LogP contribution in [0.5, 0.6) is 0 Å². The standard InChI is InChI=1S/C18H17Br2N3O2/c19-14-5-1-4-13(10-14)12-21-23-18(25)9-3-8-17(24)22-16-7-2-6-15(20)11-16/h1-2,4-7,10-12H,3,8-9H2,(H,22,24)(H,23,25)/b21-12+. The summed E-state index contributed by atoms with van der Waals surface area (Å²) in [5.74, 6) is -0.343. The maximum absolute atomic E-state index is 11.8. The first-order valence-electron chi connectivity index (χ1n) is 7.66. The Hall–Kier alpha value is -1.99. The van der Waals surface area contributed by atoms with E-state index in [0.717, 1.165) is 20.2 Å². The van der Waals surface area contributed by atoms with E-state index in [9.17, 15) is 9.59 Å². The van der Waals surface area contributed by atoms with Crippen molar-refractivity contribution in [1.29, 1.82) is 0 Å². The van der Waals surface area contributed by atoms with Gasteiger partial charge in [-0.05, 0) is 42.3 Å². The van der Waals surface area contributed by atoms with Gasteiger partial charge in [0.05, 0.1) is 6.21 Å². The molecule has 0 saturated carbocycles. The molecule has 0 atom stereocenters. The van der Waals surface area contributed by atoms with Crippen LogP contribution in [0.1, 0.15) is 24.8 Å². The van der Waals surface area contributed by atoms with Crippen molar-refractivity contribution in [2.75, 3.05) is 5.32 Å². The molecule has 7 heteroatoms. The fourth-order valence-electron chi connectivity index (χ4n) is 2.02. The van der Waals surface area contributed by atoms with Crippen LogP contribution in [-0.2, 0) is 9.59 Å². The number of hydrogen-bond acceptors (Lipinski definition) is 3. The van der Waals surface area contributed by atoms with Gasteiger partial charge in [0.1, 0.15) is 0 Å². The molecule has 5 nitrogen and oxygen atoms in total. The monoisotopic (exact) mass is 465 g/mol. The molecule has 2 aromatic rings. The number of nitrogens with one attached hydrogen (secondary N) is 2. The summed E-state index contributed by atoms with van der Waals surface area (Å²) in [6.07, 6.45) is 2.54. The number of hydrogen-bond donors (Lipinski definition) is 2. The average Bonchev–Trinajstić information content (AvgIpc) is 2.55. The van der Waals surface area contributed by atoms with Gasteiger partial charge in [0.15, 0.2) is 0 Å². The number of amides is 2. The van der Waals surface area contributed by atoms with Crippen LogP contribution in [0.15, 0.2) is 62.6 Å². The topological polar surface area (TPSA) is 70.6 Å². The summed E-state index contributed by atoms with van der Waals surface area (Å²) in [4.78, 5) is 23.6. The van der Waals surface area contributed by atoms with Gasteiger partial charge in [-0.25, -0.2) is 5.43 Å². The van der Waals surface area contributed by atoms with E-state index in [1.807, 2.05) is 48.5 Å². The van der Waals surface area contributed by atoms with Crippen molar-refractivity contribution in [3.05, 3.63) is 63.0 Å². The van der Waals surface area contributed by atoms with Crippen molar-refractivity contribution < 1.29 is 9.59 Å². The largest absolute Gasteiger partial charge is 0.326 e. The second kappa shape index (κ2) is 10.1. The third-order valence-corrected chi connectivity index (χ3v) is 4.15. The average molecular weight is 467 g/mol. The zero-order valence-corrected chi connectivity index (χ0v) is 16.5. The molecule has 0 fully saturated rings. The van der Waals surface area contributed by atoms with E-state index >= 15 is 0 Å². The van der Waals surface area contributed by atoms with Crippen molar-refractivity contribution in [3.8, 4) is 0 Å². The molecule has 2 amide bonds. The Morgan fingerprint density at radius 1 is 0.960 bits per heavy atom. The number of anilines is 1. The molecular formula is C18H17Br2N3O2. The van der Waals surface area contributed by atoms with Crippen LogP contribution in [0.4, 0.5) is 5.69 Å². The highest BCUT2D eigenvalue weighted by Gasteiger charge is 2.05. The molecule has 0 aromatic heterocycles. The summed E-state index contributed by atoms with van der Waals surface area (Å²) < 4.78 is 1.84. The zero-order valence-electron chi connectivity index (χ0n) is 13.3. The summed E-state index contributed by atoms with van der Waals surface area (Å²) in [5, 5.41) is 6.70. The Bertz CT molecular complexity index is 778. The molecule has 0 unspecified atom stereocenters. The van der Waals surface area contributed by atoms with Crippen molar-refractivity contribution >= 4 is 55.6 Å². The first-order valence-corrected chi connectivity index (χ1v) is 9.24. The summed E-state index contributed by atoms with van der Waals surface area (Å²) in [5.41, 5.74) is 4.06. The van der Waals surface area contributed by atoms with Crippen molar-refractivity contribution in [3.63, 3.8) is 0 Å². The Kier molecular flexibility index (Phi) is 7.81. The zero-order chi connectivity index (χ0) is 18.1. The number of halogens is 2. The van der Waals surface area contributed by atoms with Gasteiger partial charge in [-0.1, -0.05) is 50.1 Å². The van der Waals surface area contributed by atoms with Crippen LogP contribution < -0.4 is 10.7 Å². The van der Waals surface area contributed by atoms with Gasteiger partial charge in [0, 0.05) is 27.5 Å². The molecule has 0 spiro atoms. The van der Waals surface area contributed by atoms with E-state index in [1.165, 1.54) is 0 Å². The van der Waals surface area contributed by atoms with Gasteiger partial charge in [0.2, 0.25) is 11.8 Å². The summed E-state index contributed by atoms with van der Waals surface area (Å²) in [7, 11) is 0. The predicted molar refractivity (Wildman–Crippen MR) is 107 cm³/mol. The van der Waals surface area contributed by atoms with Crippen LogP contribution in [0, 0.1) is 0 Å². The molecule has 0 saturated heterocycles. The van der Waals surface area contributed by atoms with Gasteiger partial charge >= 0.3 is 0 Å². The number of nitrogens with zero attached hydrogens (tertiary/aromatic N) is 1. The highest BCUT2D eigenvalue weighted by atomic mass is 79.9.